The summed E-state index contributed by atoms with van der Waals surface area (Å²) in [5.41, 5.74) is 2.59. The van der Waals surface area contributed by atoms with Gasteiger partial charge in [-0.3, -0.25) is 14.8 Å². The van der Waals surface area contributed by atoms with Gasteiger partial charge in [-0.05, 0) is 47.9 Å². The maximum absolute atomic E-state index is 12.9. The third-order valence-corrected chi connectivity index (χ3v) is 5.26. The number of pyridine rings is 1. The summed E-state index contributed by atoms with van der Waals surface area (Å²) in [6.45, 7) is 1.35. The second kappa shape index (κ2) is 8.28. The van der Waals surface area contributed by atoms with Gasteiger partial charge in [0.1, 0.15) is 5.82 Å². The summed E-state index contributed by atoms with van der Waals surface area (Å²) in [7, 11) is 0. The van der Waals surface area contributed by atoms with Crippen LogP contribution in [0.4, 0.5) is 5.82 Å². The number of hydrogen-bond donors (Lipinski definition) is 3. The Labute approximate surface area is 168 Å². The fourth-order valence-electron chi connectivity index (χ4n) is 3.62. The average molecular weight is 390 g/mol. The monoisotopic (exact) mass is 390 g/mol. The summed E-state index contributed by atoms with van der Waals surface area (Å²) < 4.78 is 0. The summed E-state index contributed by atoms with van der Waals surface area (Å²) in [5, 5.41) is 14.2. The second-order valence-electron chi connectivity index (χ2n) is 7.15. The number of nitrogens with zero attached hydrogens (tertiary/aromatic N) is 2. The number of carbonyl (C=O) groups is 2. The van der Waals surface area contributed by atoms with E-state index in [-0.39, 0.29) is 17.5 Å². The molecule has 1 fully saturated rings. The van der Waals surface area contributed by atoms with Gasteiger partial charge in [0.15, 0.2) is 0 Å². The molecule has 29 heavy (non-hydrogen) atoms. The number of fused-ring (bicyclic) bond motifs is 1. The number of amides is 2. The molecule has 2 heterocycles. The summed E-state index contributed by atoms with van der Waals surface area (Å²) in [6.07, 6.45) is 3.05. The zero-order chi connectivity index (χ0) is 20.2. The number of likely N-dealkylation sites (tertiary alicyclic amines) is 1. The van der Waals surface area contributed by atoms with Crippen LogP contribution in [0.1, 0.15) is 33.6 Å². The first-order valence-corrected chi connectivity index (χ1v) is 9.59. The maximum Gasteiger partial charge on any atom is 0.276 e. The van der Waals surface area contributed by atoms with Crippen LogP contribution in [0.25, 0.3) is 10.8 Å². The first-order valence-electron chi connectivity index (χ1n) is 9.59. The van der Waals surface area contributed by atoms with Crippen LogP contribution >= 0.6 is 0 Å². The van der Waals surface area contributed by atoms with Crippen molar-refractivity contribution in [2.75, 3.05) is 18.4 Å². The Morgan fingerprint density at radius 1 is 0.966 bits per heavy atom. The van der Waals surface area contributed by atoms with Crippen LogP contribution in [0.5, 0.6) is 0 Å². The molecule has 4 rings (SSSR count). The standard InChI is InChI=1S/C22H22N4O3/c27-21(25-29)18-7-8-20(23-14-18)24-19-9-11-26(12-10-19)22(28)17-6-5-15-3-1-2-4-16(15)13-17/h1-8,13-14,19,29H,9-12H2,(H,23,24)(H,25,27). The quantitative estimate of drug-likeness (QED) is 0.470. The van der Waals surface area contributed by atoms with E-state index in [4.69, 9.17) is 5.21 Å². The Balaban J connectivity index is 1.35. The highest BCUT2D eigenvalue weighted by atomic mass is 16.5. The van der Waals surface area contributed by atoms with E-state index in [1.807, 2.05) is 47.4 Å². The lowest BCUT2D eigenvalue weighted by Crippen LogP contribution is -2.42. The van der Waals surface area contributed by atoms with Gasteiger partial charge in [0.2, 0.25) is 0 Å². The van der Waals surface area contributed by atoms with E-state index in [1.54, 1.807) is 17.6 Å². The number of benzene rings is 2. The van der Waals surface area contributed by atoms with Crippen molar-refractivity contribution in [3.05, 3.63) is 71.9 Å². The molecule has 3 N–H and O–H groups in total. The van der Waals surface area contributed by atoms with Gasteiger partial charge >= 0.3 is 0 Å². The number of hydroxylamine groups is 1. The van der Waals surface area contributed by atoms with Gasteiger partial charge in [-0.1, -0.05) is 30.3 Å². The Morgan fingerprint density at radius 2 is 1.69 bits per heavy atom. The van der Waals surface area contributed by atoms with Gasteiger partial charge in [0, 0.05) is 30.9 Å². The molecule has 3 aromatic rings. The molecule has 0 unspecified atom stereocenters. The van der Waals surface area contributed by atoms with E-state index in [1.165, 1.54) is 6.20 Å². The third-order valence-electron chi connectivity index (χ3n) is 5.26. The van der Waals surface area contributed by atoms with Crippen molar-refractivity contribution in [3.8, 4) is 0 Å². The number of carbonyl (C=O) groups excluding carboxylic acids is 2. The van der Waals surface area contributed by atoms with E-state index in [0.29, 0.717) is 18.9 Å². The van der Waals surface area contributed by atoms with Crippen LogP contribution in [-0.4, -0.2) is 46.0 Å². The van der Waals surface area contributed by atoms with Crippen LogP contribution in [0.15, 0.2) is 60.8 Å². The van der Waals surface area contributed by atoms with Crippen molar-refractivity contribution >= 4 is 28.4 Å². The molecule has 7 heteroatoms. The number of nitrogens with one attached hydrogen (secondary N) is 2. The van der Waals surface area contributed by atoms with Gasteiger partial charge < -0.3 is 10.2 Å². The SMILES string of the molecule is O=C(NO)c1ccc(NC2CCN(C(=O)c3ccc4ccccc4c3)CC2)nc1. The van der Waals surface area contributed by atoms with Gasteiger partial charge in [-0.2, -0.15) is 0 Å². The number of rotatable bonds is 4. The molecule has 0 bridgehead atoms. The highest BCUT2D eigenvalue weighted by molar-refractivity contribution is 5.98. The summed E-state index contributed by atoms with van der Waals surface area (Å²) >= 11 is 0. The van der Waals surface area contributed by atoms with E-state index in [0.717, 1.165) is 29.2 Å². The normalized spacial score (nSPS) is 14.6. The van der Waals surface area contributed by atoms with Gasteiger partial charge in [0.25, 0.3) is 11.8 Å². The molecule has 2 aromatic carbocycles. The summed E-state index contributed by atoms with van der Waals surface area (Å²) in [4.78, 5) is 30.3. The van der Waals surface area contributed by atoms with Crippen molar-refractivity contribution in [3.63, 3.8) is 0 Å². The Morgan fingerprint density at radius 3 is 2.38 bits per heavy atom. The predicted octanol–water partition coefficient (Wildman–Crippen LogP) is 3.07. The molecule has 0 radical (unpaired) electrons. The Kier molecular flexibility index (Phi) is 5.39. The molecule has 1 aromatic heterocycles. The molecule has 1 saturated heterocycles. The van der Waals surface area contributed by atoms with Crippen LogP contribution in [0.3, 0.4) is 0 Å². The zero-order valence-electron chi connectivity index (χ0n) is 15.8. The Bertz CT molecular complexity index is 1030. The molecular formula is C22H22N4O3. The molecule has 148 valence electrons. The van der Waals surface area contributed by atoms with Crippen LogP contribution in [-0.2, 0) is 0 Å². The zero-order valence-corrected chi connectivity index (χ0v) is 15.8. The number of piperidine rings is 1. The highest BCUT2D eigenvalue weighted by Gasteiger charge is 2.24. The minimum Gasteiger partial charge on any atom is -0.367 e. The largest absolute Gasteiger partial charge is 0.367 e. The second-order valence-corrected chi connectivity index (χ2v) is 7.15. The van der Waals surface area contributed by atoms with Crippen LogP contribution < -0.4 is 10.8 Å². The molecule has 0 aliphatic carbocycles. The average Bonchev–Trinajstić information content (AvgIpc) is 2.79. The Hall–Kier alpha value is -3.45. The fraction of sp³-hybridized carbons (Fsp3) is 0.227. The molecule has 2 amide bonds. The maximum atomic E-state index is 12.9. The molecule has 7 nitrogen and oxygen atoms in total. The van der Waals surface area contributed by atoms with E-state index >= 15 is 0 Å². The minimum absolute atomic E-state index is 0.0618. The van der Waals surface area contributed by atoms with E-state index in [9.17, 15) is 9.59 Å². The lowest BCUT2D eigenvalue weighted by molar-refractivity contribution is 0.0704. The van der Waals surface area contributed by atoms with Crippen molar-refractivity contribution < 1.29 is 14.8 Å². The van der Waals surface area contributed by atoms with Crippen molar-refractivity contribution in [1.29, 1.82) is 0 Å². The van der Waals surface area contributed by atoms with Crippen LogP contribution in [0, 0.1) is 0 Å². The van der Waals surface area contributed by atoms with Gasteiger partial charge in [-0.15, -0.1) is 0 Å². The lowest BCUT2D eigenvalue weighted by Gasteiger charge is -2.32. The van der Waals surface area contributed by atoms with Gasteiger partial charge in [0.05, 0.1) is 5.56 Å². The van der Waals surface area contributed by atoms with E-state index in [2.05, 4.69) is 10.3 Å². The van der Waals surface area contributed by atoms with Crippen molar-refractivity contribution in [2.24, 2.45) is 0 Å². The highest BCUT2D eigenvalue weighted by Crippen LogP contribution is 2.20. The third kappa shape index (κ3) is 4.20. The fourth-order valence-corrected chi connectivity index (χ4v) is 3.62. The first kappa shape index (κ1) is 18.9. The molecular weight excluding hydrogens is 368 g/mol. The first-order chi connectivity index (χ1) is 14.1. The lowest BCUT2D eigenvalue weighted by atomic mass is 10.0. The van der Waals surface area contributed by atoms with Gasteiger partial charge in [-0.25, -0.2) is 10.5 Å². The summed E-state index contributed by atoms with van der Waals surface area (Å²) in [6, 6.07) is 17.4. The van der Waals surface area contributed by atoms with Crippen molar-refractivity contribution in [1.82, 2.24) is 15.4 Å². The number of hydrogen-bond acceptors (Lipinski definition) is 5. The molecule has 0 spiro atoms. The predicted molar refractivity (Wildman–Crippen MR) is 110 cm³/mol. The minimum atomic E-state index is -0.593. The smallest absolute Gasteiger partial charge is 0.276 e. The molecule has 0 atom stereocenters. The molecule has 0 saturated carbocycles. The van der Waals surface area contributed by atoms with E-state index < -0.39 is 5.91 Å². The molecule has 1 aliphatic rings. The summed E-state index contributed by atoms with van der Waals surface area (Å²) in [5.74, 6) is 0.134. The van der Waals surface area contributed by atoms with Crippen LogP contribution in [0.2, 0.25) is 0 Å². The topological polar surface area (TPSA) is 94.6 Å². The number of anilines is 1. The van der Waals surface area contributed by atoms with Crippen molar-refractivity contribution in [2.45, 2.75) is 18.9 Å². The molecule has 1 aliphatic heterocycles. The number of aromatic nitrogens is 1.